The number of aromatic nitrogens is 2. The molecule has 1 aromatic carbocycles. The lowest BCUT2D eigenvalue weighted by Gasteiger charge is -2.41. The zero-order chi connectivity index (χ0) is 20.2. The molecule has 0 aliphatic heterocycles. The lowest BCUT2D eigenvalue weighted by molar-refractivity contribution is -0.122. The van der Waals surface area contributed by atoms with E-state index in [1.807, 2.05) is 25.1 Å². The second kappa shape index (κ2) is 6.33. The summed E-state index contributed by atoms with van der Waals surface area (Å²) in [4.78, 5) is 17.6. The Morgan fingerprint density at radius 1 is 1.26 bits per heavy atom. The molecule has 0 saturated heterocycles. The number of nitrogens with one attached hydrogen (secondary N) is 1. The van der Waals surface area contributed by atoms with Crippen LogP contribution in [0, 0.1) is 11.3 Å². The number of amides is 1. The van der Waals surface area contributed by atoms with Crippen molar-refractivity contribution in [3.8, 4) is 0 Å². The summed E-state index contributed by atoms with van der Waals surface area (Å²) in [5, 5.41) is 13.5. The van der Waals surface area contributed by atoms with Crippen molar-refractivity contribution in [2.45, 2.75) is 78.9 Å². The predicted molar refractivity (Wildman–Crippen MR) is 110 cm³/mol. The number of fused-ring (bicyclic) bond motifs is 1. The molecule has 2 N–H and O–H groups in total. The molecule has 0 spiro atoms. The first-order valence-corrected chi connectivity index (χ1v) is 9.90. The van der Waals surface area contributed by atoms with Crippen LogP contribution in [0.4, 0.5) is 5.95 Å². The molecular weight excluding hydrogens is 338 g/mol. The van der Waals surface area contributed by atoms with E-state index < -0.39 is 5.60 Å². The van der Waals surface area contributed by atoms with Crippen molar-refractivity contribution in [3.63, 3.8) is 0 Å². The molecule has 0 radical (unpaired) electrons. The number of hydrogen-bond donors (Lipinski definition) is 2. The molecule has 1 amide bonds. The van der Waals surface area contributed by atoms with Gasteiger partial charge >= 0.3 is 0 Å². The third-order valence-electron chi connectivity index (χ3n) is 6.26. The summed E-state index contributed by atoms with van der Waals surface area (Å²) in [7, 11) is 0. The van der Waals surface area contributed by atoms with E-state index in [0.29, 0.717) is 5.95 Å². The number of aliphatic hydroxyl groups is 1. The van der Waals surface area contributed by atoms with Gasteiger partial charge in [-0.25, -0.2) is 4.98 Å². The van der Waals surface area contributed by atoms with Crippen LogP contribution in [-0.2, 0) is 15.9 Å². The van der Waals surface area contributed by atoms with Gasteiger partial charge in [0.2, 0.25) is 11.9 Å². The highest BCUT2D eigenvalue weighted by Gasteiger charge is 2.38. The average Bonchev–Trinajstić information content (AvgIpc) is 2.87. The largest absolute Gasteiger partial charge is 0.386 e. The van der Waals surface area contributed by atoms with Crippen LogP contribution in [0.25, 0.3) is 11.0 Å². The maximum absolute atomic E-state index is 12.8. The quantitative estimate of drug-likeness (QED) is 0.812. The number of rotatable bonds is 4. The highest BCUT2D eigenvalue weighted by atomic mass is 16.3. The van der Waals surface area contributed by atoms with Gasteiger partial charge in [0.25, 0.3) is 0 Å². The second-order valence-electron chi connectivity index (χ2n) is 9.96. The van der Waals surface area contributed by atoms with Crippen molar-refractivity contribution >= 4 is 22.9 Å². The fraction of sp³-hybridized carbons (Fsp3) is 0.636. The maximum Gasteiger partial charge on any atom is 0.230 e. The van der Waals surface area contributed by atoms with Gasteiger partial charge in [-0.2, -0.15) is 0 Å². The third-order valence-corrected chi connectivity index (χ3v) is 6.26. The molecule has 27 heavy (non-hydrogen) atoms. The molecule has 0 unspecified atom stereocenters. The molecular formula is C22H33N3O2. The van der Waals surface area contributed by atoms with Crippen LogP contribution in [-0.4, -0.2) is 20.6 Å². The van der Waals surface area contributed by atoms with Crippen molar-refractivity contribution in [2.75, 3.05) is 5.32 Å². The molecule has 1 atom stereocenters. The Labute approximate surface area is 162 Å². The molecule has 1 saturated carbocycles. The molecule has 5 nitrogen and oxygen atoms in total. The molecule has 1 aliphatic carbocycles. The summed E-state index contributed by atoms with van der Waals surface area (Å²) >= 11 is 0. The molecule has 1 aromatic heterocycles. The SMILES string of the molecule is C[C@H](C(=O)Nc1nc2ccc(C(C)(C)O)cc2n1C1(C)CCC1)C(C)(C)C. The number of carbonyl (C=O) groups is 1. The topological polar surface area (TPSA) is 67.2 Å². The van der Waals surface area contributed by atoms with Gasteiger partial charge in [0.1, 0.15) is 0 Å². The number of anilines is 1. The summed E-state index contributed by atoms with van der Waals surface area (Å²) in [5.74, 6) is 0.470. The molecule has 148 valence electrons. The third kappa shape index (κ3) is 3.62. The Balaban J connectivity index is 2.10. The lowest BCUT2D eigenvalue weighted by Crippen LogP contribution is -2.39. The zero-order valence-corrected chi connectivity index (χ0v) is 17.7. The van der Waals surface area contributed by atoms with Crippen molar-refractivity contribution in [1.29, 1.82) is 0 Å². The van der Waals surface area contributed by atoms with E-state index in [1.54, 1.807) is 13.8 Å². The van der Waals surface area contributed by atoms with Gasteiger partial charge in [0.15, 0.2) is 0 Å². The minimum Gasteiger partial charge on any atom is -0.386 e. The van der Waals surface area contributed by atoms with Crippen LogP contribution in [0.2, 0.25) is 0 Å². The number of carbonyl (C=O) groups excluding carboxylic acids is 1. The van der Waals surface area contributed by atoms with E-state index in [0.717, 1.165) is 29.4 Å². The van der Waals surface area contributed by atoms with Crippen LogP contribution in [0.1, 0.15) is 73.3 Å². The minimum atomic E-state index is -0.923. The Morgan fingerprint density at radius 2 is 1.89 bits per heavy atom. The average molecular weight is 372 g/mol. The smallest absolute Gasteiger partial charge is 0.230 e. The molecule has 1 fully saturated rings. The first-order chi connectivity index (χ1) is 12.3. The molecule has 5 heteroatoms. The van der Waals surface area contributed by atoms with E-state index in [1.165, 1.54) is 6.42 Å². The summed E-state index contributed by atoms with van der Waals surface area (Å²) in [5.41, 5.74) is 1.56. The normalized spacial score (nSPS) is 18.2. The van der Waals surface area contributed by atoms with Gasteiger partial charge in [0, 0.05) is 11.5 Å². The van der Waals surface area contributed by atoms with Crippen molar-refractivity contribution in [1.82, 2.24) is 9.55 Å². The molecule has 2 aromatic rings. The molecule has 1 heterocycles. The monoisotopic (exact) mass is 371 g/mol. The predicted octanol–water partition coefficient (Wildman–Crippen LogP) is 4.78. The first-order valence-electron chi connectivity index (χ1n) is 9.90. The highest BCUT2D eigenvalue weighted by Crippen LogP contribution is 2.43. The van der Waals surface area contributed by atoms with E-state index in [9.17, 15) is 9.90 Å². The van der Waals surface area contributed by atoms with Crippen LogP contribution in [0.3, 0.4) is 0 Å². The first kappa shape index (κ1) is 19.9. The van der Waals surface area contributed by atoms with Crippen molar-refractivity contribution in [2.24, 2.45) is 11.3 Å². The molecule has 3 rings (SSSR count). The minimum absolute atomic E-state index is 0.00955. The summed E-state index contributed by atoms with van der Waals surface area (Å²) in [6, 6.07) is 5.85. The maximum atomic E-state index is 12.8. The van der Waals surface area contributed by atoms with E-state index in [4.69, 9.17) is 4.98 Å². The Bertz CT molecular complexity index is 864. The number of benzene rings is 1. The standard InChI is InChI=1S/C22H33N3O2/c1-14(20(2,3)4)18(26)24-19-23-16-10-9-15(21(5,6)27)13-17(16)25(19)22(7)11-8-12-22/h9-10,13-14,27H,8,11-12H2,1-7H3,(H,23,24,26)/t14-/m1/s1. The molecule has 0 bridgehead atoms. The van der Waals surface area contributed by atoms with E-state index in [2.05, 4.69) is 37.6 Å². The fourth-order valence-corrected chi connectivity index (χ4v) is 3.61. The van der Waals surface area contributed by atoms with Gasteiger partial charge in [-0.1, -0.05) is 33.8 Å². The van der Waals surface area contributed by atoms with Crippen molar-refractivity contribution < 1.29 is 9.90 Å². The second-order valence-corrected chi connectivity index (χ2v) is 9.96. The fourth-order valence-electron chi connectivity index (χ4n) is 3.61. The number of hydrogen-bond acceptors (Lipinski definition) is 3. The van der Waals surface area contributed by atoms with Gasteiger partial charge in [-0.15, -0.1) is 0 Å². The highest BCUT2D eigenvalue weighted by molar-refractivity contribution is 5.93. The van der Waals surface area contributed by atoms with Gasteiger partial charge in [-0.3, -0.25) is 10.1 Å². The summed E-state index contributed by atoms with van der Waals surface area (Å²) in [6.07, 6.45) is 3.29. The lowest BCUT2D eigenvalue weighted by atomic mass is 9.78. The van der Waals surface area contributed by atoms with Crippen molar-refractivity contribution in [3.05, 3.63) is 23.8 Å². The van der Waals surface area contributed by atoms with Crippen LogP contribution in [0.15, 0.2) is 18.2 Å². The Morgan fingerprint density at radius 3 is 2.37 bits per heavy atom. The van der Waals surface area contributed by atoms with Gasteiger partial charge < -0.3 is 9.67 Å². The summed E-state index contributed by atoms with van der Waals surface area (Å²) in [6.45, 7) is 14.0. The van der Waals surface area contributed by atoms with E-state index >= 15 is 0 Å². The Kier molecular flexibility index (Phi) is 4.66. The van der Waals surface area contributed by atoms with Crippen LogP contribution in [0.5, 0.6) is 0 Å². The van der Waals surface area contributed by atoms with Gasteiger partial charge in [0.05, 0.1) is 16.6 Å². The zero-order valence-electron chi connectivity index (χ0n) is 17.7. The Hall–Kier alpha value is -1.88. The van der Waals surface area contributed by atoms with Crippen LogP contribution >= 0.6 is 0 Å². The summed E-state index contributed by atoms with van der Waals surface area (Å²) < 4.78 is 2.17. The van der Waals surface area contributed by atoms with Gasteiger partial charge in [-0.05, 0) is 63.1 Å². The van der Waals surface area contributed by atoms with E-state index in [-0.39, 0.29) is 22.8 Å². The molecule has 1 aliphatic rings. The number of imidazole rings is 1. The van der Waals surface area contributed by atoms with Crippen LogP contribution < -0.4 is 5.32 Å². The number of nitrogens with zero attached hydrogens (tertiary/aromatic N) is 2.